The summed E-state index contributed by atoms with van der Waals surface area (Å²) in [7, 11) is 0. The van der Waals surface area contributed by atoms with Crippen LogP contribution in [0.4, 0.5) is 4.79 Å². The Morgan fingerprint density at radius 2 is 1.84 bits per heavy atom. The maximum atomic E-state index is 12.9. The zero-order valence-electron chi connectivity index (χ0n) is 20.9. The van der Waals surface area contributed by atoms with Crippen LogP contribution in [0.5, 0.6) is 0 Å². The number of aliphatic hydroxyl groups excluding tert-OH is 1. The Hall–Kier alpha value is -0.770. The zero-order chi connectivity index (χ0) is 22.9. The molecule has 32 heavy (non-hydrogen) atoms. The molecule has 0 spiro atoms. The molecule has 0 aromatic carbocycles. The van der Waals surface area contributed by atoms with Crippen molar-refractivity contribution < 1.29 is 14.6 Å². The van der Waals surface area contributed by atoms with Crippen LogP contribution in [0.15, 0.2) is 4.99 Å². The Bertz CT molecular complexity index is 564. The number of nitrogens with one attached hydrogen (secondary N) is 1. The molecule has 2 rings (SSSR count). The minimum absolute atomic E-state index is 0. The van der Waals surface area contributed by atoms with Gasteiger partial charge in [-0.1, -0.05) is 13.3 Å². The maximum Gasteiger partial charge on any atom is 0.410 e. The molecule has 1 aliphatic carbocycles. The largest absolute Gasteiger partial charge is 0.444 e. The number of aliphatic hydroxyl groups is 1. The lowest BCUT2D eigenvalue weighted by atomic mass is 10.0. The topological polar surface area (TPSA) is 77.4 Å². The second kappa shape index (κ2) is 14.5. The number of likely N-dealkylation sites (tertiary alicyclic amines) is 1. The first-order valence-electron chi connectivity index (χ1n) is 12.4. The normalized spacial score (nSPS) is 18.7. The monoisotopic (exact) mass is 566 g/mol. The second-order valence-corrected chi connectivity index (χ2v) is 10.2. The molecule has 8 heteroatoms. The van der Waals surface area contributed by atoms with Crippen molar-refractivity contribution in [1.82, 2.24) is 15.1 Å². The molecule has 0 radical (unpaired) electrons. The molecule has 0 bridgehead atoms. The number of guanidine groups is 1. The molecule has 1 saturated heterocycles. The minimum Gasteiger partial charge on any atom is -0.444 e. The number of hydrogen-bond acceptors (Lipinski definition) is 4. The number of aliphatic imine (C=N–C) groups is 1. The van der Waals surface area contributed by atoms with E-state index in [4.69, 9.17) is 9.73 Å². The van der Waals surface area contributed by atoms with Gasteiger partial charge in [0, 0.05) is 45.4 Å². The standard InChI is InChI=1S/C24H46N4O3.HI/c1-6-8-19(13-16-29)17-26-22(25-7-2)27-14-11-21(12-15-27)28(18-20-9-10-20)23(30)31-24(3,4)5;/h19-21,29H,6-18H2,1-5H3,(H,25,26);1H. The molecular weight excluding hydrogens is 519 g/mol. The van der Waals surface area contributed by atoms with E-state index in [0.29, 0.717) is 11.8 Å². The van der Waals surface area contributed by atoms with Crippen LogP contribution >= 0.6 is 24.0 Å². The van der Waals surface area contributed by atoms with E-state index in [1.165, 1.54) is 12.8 Å². The van der Waals surface area contributed by atoms with Gasteiger partial charge in [0.25, 0.3) is 0 Å². The number of carbonyl (C=O) groups is 1. The first-order valence-corrected chi connectivity index (χ1v) is 12.4. The highest BCUT2D eigenvalue weighted by Crippen LogP contribution is 2.32. The summed E-state index contributed by atoms with van der Waals surface area (Å²) in [5.74, 6) is 2.04. The molecule has 0 aromatic heterocycles. The van der Waals surface area contributed by atoms with Crippen LogP contribution in [0, 0.1) is 11.8 Å². The smallest absolute Gasteiger partial charge is 0.410 e. The predicted molar refractivity (Wildman–Crippen MR) is 142 cm³/mol. The molecule has 0 aromatic rings. The fourth-order valence-corrected chi connectivity index (χ4v) is 4.22. The number of carbonyl (C=O) groups excluding carboxylic acids is 1. The first-order chi connectivity index (χ1) is 14.8. The summed E-state index contributed by atoms with van der Waals surface area (Å²) in [5, 5.41) is 12.8. The molecule has 1 aliphatic heterocycles. The Morgan fingerprint density at radius 1 is 1.19 bits per heavy atom. The molecule has 1 atom stereocenters. The second-order valence-electron chi connectivity index (χ2n) is 10.2. The van der Waals surface area contributed by atoms with Crippen molar-refractivity contribution in [1.29, 1.82) is 0 Å². The van der Waals surface area contributed by atoms with Gasteiger partial charge in [0.2, 0.25) is 0 Å². The highest BCUT2D eigenvalue weighted by atomic mass is 127. The van der Waals surface area contributed by atoms with Gasteiger partial charge in [0.1, 0.15) is 5.60 Å². The summed E-state index contributed by atoms with van der Waals surface area (Å²) in [5.41, 5.74) is -0.464. The SMILES string of the molecule is CCCC(CCO)CN=C(NCC)N1CCC(N(CC2CC2)C(=O)OC(C)(C)C)CC1.I. The van der Waals surface area contributed by atoms with Crippen LogP contribution in [0.2, 0.25) is 0 Å². The number of rotatable bonds is 10. The van der Waals surface area contributed by atoms with Crippen LogP contribution < -0.4 is 5.32 Å². The van der Waals surface area contributed by atoms with Crippen molar-refractivity contribution in [3.63, 3.8) is 0 Å². The summed E-state index contributed by atoms with van der Waals surface area (Å²) in [6.45, 7) is 14.5. The van der Waals surface area contributed by atoms with Crippen molar-refractivity contribution in [2.75, 3.05) is 39.3 Å². The van der Waals surface area contributed by atoms with Crippen molar-refractivity contribution in [3.8, 4) is 0 Å². The fraction of sp³-hybridized carbons (Fsp3) is 0.917. The number of piperidine rings is 1. The molecule has 2 N–H and O–H groups in total. The zero-order valence-corrected chi connectivity index (χ0v) is 23.3. The highest BCUT2D eigenvalue weighted by Gasteiger charge is 2.35. The van der Waals surface area contributed by atoms with Crippen LogP contribution in [-0.2, 0) is 4.74 Å². The summed E-state index contributed by atoms with van der Waals surface area (Å²) in [6.07, 6.45) is 7.18. The Labute approximate surface area is 212 Å². The molecule has 7 nitrogen and oxygen atoms in total. The highest BCUT2D eigenvalue weighted by molar-refractivity contribution is 14.0. The summed E-state index contributed by atoms with van der Waals surface area (Å²) in [4.78, 5) is 22.1. The summed E-state index contributed by atoms with van der Waals surface area (Å²) in [6, 6.07) is 0.233. The quantitative estimate of drug-likeness (QED) is 0.232. The Balaban J connectivity index is 0.00000512. The van der Waals surface area contributed by atoms with Gasteiger partial charge in [0.05, 0.1) is 0 Å². The van der Waals surface area contributed by atoms with Crippen LogP contribution in [-0.4, -0.2) is 77.9 Å². The number of amides is 1. The lowest BCUT2D eigenvalue weighted by molar-refractivity contribution is 0.00928. The fourth-order valence-electron chi connectivity index (χ4n) is 4.22. The molecular formula is C24H47IN4O3. The van der Waals surface area contributed by atoms with Crippen molar-refractivity contribution >= 4 is 36.0 Å². The number of ether oxygens (including phenoxy) is 1. The van der Waals surface area contributed by atoms with E-state index in [0.717, 1.165) is 70.8 Å². The van der Waals surface area contributed by atoms with Crippen LogP contribution in [0.25, 0.3) is 0 Å². The van der Waals surface area contributed by atoms with Crippen molar-refractivity contribution in [2.45, 2.75) is 91.2 Å². The van der Waals surface area contributed by atoms with Gasteiger partial charge in [-0.2, -0.15) is 0 Å². The molecule has 1 amide bonds. The predicted octanol–water partition coefficient (Wildman–Crippen LogP) is 4.48. The van der Waals surface area contributed by atoms with E-state index in [2.05, 4.69) is 24.1 Å². The molecule has 1 saturated carbocycles. The van der Waals surface area contributed by atoms with E-state index < -0.39 is 5.60 Å². The Kier molecular flexibility index (Phi) is 13.2. The third kappa shape index (κ3) is 10.4. The lowest BCUT2D eigenvalue weighted by Gasteiger charge is -2.40. The van der Waals surface area contributed by atoms with Gasteiger partial charge >= 0.3 is 6.09 Å². The van der Waals surface area contributed by atoms with Crippen LogP contribution in [0.3, 0.4) is 0 Å². The molecule has 1 heterocycles. The average Bonchev–Trinajstić information content (AvgIpc) is 3.52. The lowest BCUT2D eigenvalue weighted by Crippen LogP contribution is -2.52. The summed E-state index contributed by atoms with van der Waals surface area (Å²) >= 11 is 0. The number of nitrogens with zero attached hydrogens (tertiary/aromatic N) is 3. The summed E-state index contributed by atoms with van der Waals surface area (Å²) < 4.78 is 5.72. The van der Waals surface area contributed by atoms with E-state index in [1.54, 1.807) is 0 Å². The van der Waals surface area contributed by atoms with Gasteiger partial charge in [0.15, 0.2) is 5.96 Å². The average molecular weight is 567 g/mol. The van der Waals surface area contributed by atoms with Crippen LogP contribution in [0.1, 0.15) is 79.6 Å². The van der Waals surface area contributed by atoms with Gasteiger partial charge < -0.3 is 25.0 Å². The molecule has 1 unspecified atom stereocenters. The Morgan fingerprint density at radius 3 is 2.34 bits per heavy atom. The van der Waals surface area contributed by atoms with Gasteiger partial charge in [-0.25, -0.2) is 4.79 Å². The molecule has 2 fully saturated rings. The molecule has 2 aliphatic rings. The molecule has 188 valence electrons. The van der Waals surface area contributed by atoms with E-state index in [1.807, 2.05) is 25.7 Å². The van der Waals surface area contributed by atoms with Crippen molar-refractivity contribution in [3.05, 3.63) is 0 Å². The number of hydrogen-bond donors (Lipinski definition) is 2. The van der Waals surface area contributed by atoms with E-state index in [9.17, 15) is 9.90 Å². The number of halogens is 1. The van der Waals surface area contributed by atoms with Gasteiger partial charge in [-0.15, -0.1) is 24.0 Å². The third-order valence-electron chi connectivity index (χ3n) is 6.05. The first kappa shape index (κ1) is 29.3. The van der Waals surface area contributed by atoms with E-state index in [-0.39, 0.29) is 42.7 Å². The van der Waals surface area contributed by atoms with Gasteiger partial charge in [-0.05, 0) is 78.1 Å². The van der Waals surface area contributed by atoms with E-state index >= 15 is 0 Å². The third-order valence-corrected chi connectivity index (χ3v) is 6.05. The van der Waals surface area contributed by atoms with Crippen molar-refractivity contribution in [2.24, 2.45) is 16.8 Å². The maximum absolute atomic E-state index is 12.9. The van der Waals surface area contributed by atoms with Gasteiger partial charge in [-0.3, -0.25) is 4.99 Å². The minimum atomic E-state index is -0.464.